The van der Waals surface area contributed by atoms with E-state index in [4.69, 9.17) is 17.3 Å². The van der Waals surface area contributed by atoms with Crippen molar-refractivity contribution < 1.29 is 0 Å². The first-order valence-electron chi connectivity index (χ1n) is 6.21. The standard InChI is InChI=1S/C15H15ClN2/c16-13-6-2-1-5-11(13)14(17)12-8-7-10-4-3-9-18-15(10)12/h1-6,9,12,14H,7-8,17H2. The Hall–Kier alpha value is -1.38. The first-order valence-corrected chi connectivity index (χ1v) is 6.59. The summed E-state index contributed by atoms with van der Waals surface area (Å²) in [4.78, 5) is 4.49. The van der Waals surface area contributed by atoms with E-state index in [1.54, 1.807) is 0 Å². The highest BCUT2D eigenvalue weighted by atomic mass is 35.5. The molecule has 1 aromatic heterocycles. The molecule has 1 aromatic carbocycles. The van der Waals surface area contributed by atoms with E-state index < -0.39 is 0 Å². The number of halogens is 1. The fourth-order valence-corrected chi connectivity index (χ4v) is 3.02. The van der Waals surface area contributed by atoms with Crippen molar-refractivity contribution in [3.8, 4) is 0 Å². The molecular formula is C15H15ClN2. The molecule has 0 bridgehead atoms. The van der Waals surface area contributed by atoms with Gasteiger partial charge in [-0.15, -0.1) is 0 Å². The zero-order valence-corrected chi connectivity index (χ0v) is 10.8. The molecule has 0 saturated heterocycles. The number of fused-ring (bicyclic) bond motifs is 1. The van der Waals surface area contributed by atoms with Crippen LogP contribution in [0.5, 0.6) is 0 Å². The maximum Gasteiger partial charge on any atom is 0.0485 e. The van der Waals surface area contributed by atoms with Crippen molar-refractivity contribution in [3.63, 3.8) is 0 Å². The lowest BCUT2D eigenvalue weighted by molar-refractivity contribution is 0.541. The van der Waals surface area contributed by atoms with Gasteiger partial charge in [0.25, 0.3) is 0 Å². The molecule has 0 amide bonds. The summed E-state index contributed by atoms with van der Waals surface area (Å²) in [5, 5.41) is 0.745. The zero-order valence-electron chi connectivity index (χ0n) is 10.0. The Morgan fingerprint density at radius 3 is 2.89 bits per heavy atom. The van der Waals surface area contributed by atoms with Crippen LogP contribution in [0.2, 0.25) is 5.02 Å². The van der Waals surface area contributed by atoms with Crippen molar-refractivity contribution in [1.82, 2.24) is 4.98 Å². The summed E-state index contributed by atoms with van der Waals surface area (Å²) >= 11 is 6.22. The van der Waals surface area contributed by atoms with Gasteiger partial charge in [0.15, 0.2) is 0 Å². The predicted molar refractivity (Wildman–Crippen MR) is 73.7 cm³/mol. The molecule has 0 aliphatic heterocycles. The Morgan fingerprint density at radius 1 is 1.22 bits per heavy atom. The summed E-state index contributed by atoms with van der Waals surface area (Å²) in [6, 6.07) is 11.9. The molecule has 2 atom stereocenters. The molecule has 1 aliphatic rings. The van der Waals surface area contributed by atoms with E-state index in [0.29, 0.717) is 0 Å². The van der Waals surface area contributed by atoms with E-state index in [1.807, 2.05) is 36.5 Å². The van der Waals surface area contributed by atoms with E-state index in [9.17, 15) is 0 Å². The normalized spacial score (nSPS) is 19.6. The van der Waals surface area contributed by atoms with Crippen LogP contribution in [0, 0.1) is 0 Å². The van der Waals surface area contributed by atoms with Gasteiger partial charge in [-0.1, -0.05) is 35.9 Å². The number of hydrogen-bond acceptors (Lipinski definition) is 2. The third kappa shape index (κ3) is 1.92. The average Bonchev–Trinajstić information content (AvgIpc) is 2.82. The lowest BCUT2D eigenvalue weighted by Crippen LogP contribution is -2.19. The topological polar surface area (TPSA) is 38.9 Å². The largest absolute Gasteiger partial charge is 0.323 e. The van der Waals surface area contributed by atoms with Gasteiger partial charge in [-0.2, -0.15) is 0 Å². The summed E-state index contributed by atoms with van der Waals surface area (Å²) < 4.78 is 0. The van der Waals surface area contributed by atoms with Crippen LogP contribution < -0.4 is 5.73 Å². The van der Waals surface area contributed by atoms with Crippen LogP contribution in [0.3, 0.4) is 0 Å². The summed E-state index contributed by atoms with van der Waals surface area (Å²) in [5.41, 5.74) is 9.88. The Labute approximate surface area is 112 Å². The van der Waals surface area contributed by atoms with E-state index >= 15 is 0 Å². The molecule has 2 unspecified atom stereocenters. The Bertz CT molecular complexity index is 568. The van der Waals surface area contributed by atoms with Gasteiger partial charge in [0, 0.05) is 28.9 Å². The summed E-state index contributed by atoms with van der Waals surface area (Å²) in [7, 11) is 0. The summed E-state index contributed by atoms with van der Waals surface area (Å²) in [6.45, 7) is 0. The number of nitrogens with two attached hydrogens (primary N) is 1. The SMILES string of the molecule is NC(c1ccccc1Cl)C1CCc2cccnc21. The lowest BCUT2D eigenvalue weighted by atomic mass is 9.91. The Balaban J connectivity index is 1.96. The van der Waals surface area contributed by atoms with Crippen molar-refractivity contribution in [3.05, 3.63) is 64.4 Å². The summed E-state index contributed by atoms with van der Waals surface area (Å²) in [5.74, 6) is 0.279. The van der Waals surface area contributed by atoms with E-state index in [0.717, 1.165) is 29.1 Å². The molecule has 0 spiro atoms. The zero-order chi connectivity index (χ0) is 12.5. The molecule has 0 radical (unpaired) electrons. The third-order valence-corrected chi connectivity index (χ3v) is 4.04. The smallest absolute Gasteiger partial charge is 0.0485 e. The average molecular weight is 259 g/mol. The maximum atomic E-state index is 6.39. The predicted octanol–water partition coefficient (Wildman–Crippen LogP) is 3.46. The number of benzene rings is 1. The van der Waals surface area contributed by atoms with Crippen molar-refractivity contribution in [2.24, 2.45) is 5.73 Å². The van der Waals surface area contributed by atoms with Crippen LogP contribution in [0.25, 0.3) is 0 Å². The van der Waals surface area contributed by atoms with Gasteiger partial charge in [-0.3, -0.25) is 4.98 Å². The van der Waals surface area contributed by atoms with Crippen LogP contribution in [0.4, 0.5) is 0 Å². The van der Waals surface area contributed by atoms with Gasteiger partial charge in [0.2, 0.25) is 0 Å². The van der Waals surface area contributed by atoms with Crippen LogP contribution >= 0.6 is 11.6 Å². The number of rotatable bonds is 2. The van der Waals surface area contributed by atoms with Crippen molar-refractivity contribution in [2.45, 2.75) is 24.8 Å². The van der Waals surface area contributed by atoms with Gasteiger partial charge in [0.1, 0.15) is 0 Å². The molecule has 3 rings (SSSR count). The number of pyridine rings is 1. The van der Waals surface area contributed by atoms with Crippen LogP contribution in [0.1, 0.15) is 35.2 Å². The van der Waals surface area contributed by atoms with E-state index in [-0.39, 0.29) is 12.0 Å². The Kier molecular flexibility index (Phi) is 3.06. The first-order chi connectivity index (χ1) is 8.77. The van der Waals surface area contributed by atoms with Gasteiger partial charge in [-0.25, -0.2) is 0 Å². The van der Waals surface area contributed by atoms with Gasteiger partial charge in [0.05, 0.1) is 0 Å². The molecule has 18 heavy (non-hydrogen) atoms. The maximum absolute atomic E-state index is 6.39. The minimum absolute atomic E-state index is 0.0742. The van der Waals surface area contributed by atoms with Crippen LogP contribution in [-0.4, -0.2) is 4.98 Å². The molecule has 2 N–H and O–H groups in total. The van der Waals surface area contributed by atoms with Crippen molar-refractivity contribution >= 4 is 11.6 Å². The molecular weight excluding hydrogens is 244 g/mol. The first kappa shape index (κ1) is 11.7. The molecule has 1 aliphatic carbocycles. The minimum Gasteiger partial charge on any atom is -0.323 e. The highest BCUT2D eigenvalue weighted by Crippen LogP contribution is 2.40. The van der Waals surface area contributed by atoms with Crippen LogP contribution in [-0.2, 0) is 6.42 Å². The molecule has 3 heteroatoms. The molecule has 2 nitrogen and oxygen atoms in total. The second-order valence-electron chi connectivity index (χ2n) is 4.74. The van der Waals surface area contributed by atoms with Gasteiger partial charge in [-0.05, 0) is 36.1 Å². The quantitative estimate of drug-likeness (QED) is 0.896. The minimum atomic E-state index is -0.0742. The molecule has 0 saturated carbocycles. The monoisotopic (exact) mass is 258 g/mol. The second-order valence-corrected chi connectivity index (χ2v) is 5.15. The summed E-state index contributed by atoms with van der Waals surface area (Å²) in [6.07, 6.45) is 3.96. The van der Waals surface area contributed by atoms with E-state index in [2.05, 4.69) is 11.1 Å². The lowest BCUT2D eigenvalue weighted by Gasteiger charge is -2.20. The highest BCUT2D eigenvalue weighted by Gasteiger charge is 2.30. The fraction of sp³-hybridized carbons (Fsp3) is 0.267. The number of aromatic nitrogens is 1. The molecule has 92 valence electrons. The molecule has 0 fully saturated rings. The highest BCUT2D eigenvalue weighted by molar-refractivity contribution is 6.31. The van der Waals surface area contributed by atoms with Gasteiger partial charge >= 0.3 is 0 Å². The Morgan fingerprint density at radius 2 is 2.06 bits per heavy atom. The second kappa shape index (κ2) is 4.71. The third-order valence-electron chi connectivity index (χ3n) is 3.70. The van der Waals surface area contributed by atoms with Crippen molar-refractivity contribution in [1.29, 1.82) is 0 Å². The fourth-order valence-electron chi connectivity index (χ4n) is 2.76. The molecule has 2 aromatic rings. The number of hydrogen-bond donors (Lipinski definition) is 1. The number of nitrogens with zero attached hydrogens (tertiary/aromatic N) is 1. The van der Waals surface area contributed by atoms with Crippen LogP contribution in [0.15, 0.2) is 42.6 Å². The van der Waals surface area contributed by atoms with E-state index in [1.165, 1.54) is 5.56 Å². The molecule has 1 heterocycles. The van der Waals surface area contributed by atoms with Gasteiger partial charge < -0.3 is 5.73 Å². The van der Waals surface area contributed by atoms with Crippen molar-refractivity contribution in [2.75, 3.05) is 0 Å². The number of aryl methyl sites for hydroxylation is 1.